The first-order valence-electron chi connectivity index (χ1n) is 18.3. The Labute approximate surface area is 281 Å². The molecule has 0 N–H and O–H groups in total. The van der Waals surface area contributed by atoms with E-state index in [0.717, 1.165) is 0 Å². The quantitative estimate of drug-likeness (QED) is 0.0724. The van der Waals surface area contributed by atoms with Crippen LogP contribution in [0.5, 0.6) is 0 Å². The van der Waals surface area contributed by atoms with Gasteiger partial charge in [0.1, 0.15) is 16.1 Å². The van der Waals surface area contributed by atoms with Gasteiger partial charge in [-0.15, -0.1) is 11.1 Å². The van der Waals surface area contributed by atoms with Crippen molar-refractivity contribution in [2.75, 3.05) is 0 Å². The van der Waals surface area contributed by atoms with Gasteiger partial charge in [0.2, 0.25) is 0 Å². The first-order chi connectivity index (χ1) is 22.5. The third kappa shape index (κ3) is 7.15. The minimum atomic E-state index is -1.71. The molecule has 5 rings (SSSR count). The Morgan fingerprint density at radius 2 is 0.717 bits per heavy atom. The lowest BCUT2D eigenvalue weighted by Gasteiger charge is -2.25. The van der Waals surface area contributed by atoms with E-state index in [-0.39, 0.29) is 0 Å². The molecule has 0 fully saturated rings. The van der Waals surface area contributed by atoms with Gasteiger partial charge in [0.05, 0.1) is 0 Å². The van der Waals surface area contributed by atoms with Crippen molar-refractivity contribution < 1.29 is 0 Å². The lowest BCUT2D eigenvalue weighted by atomic mass is 9.90. The summed E-state index contributed by atoms with van der Waals surface area (Å²) in [5.74, 6) is 7.92. The second-order valence-electron chi connectivity index (χ2n) is 13.8. The van der Waals surface area contributed by atoms with Crippen LogP contribution in [0.25, 0.3) is 43.1 Å². The van der Waals surface area contributed by atoms with Crippen LogP contribution in [0, 0.1) is 22.9 Å². The normalized spacial score (nSPS) is 12.0. The summed E-state index contributed by atoms with van der Waals surface area (Å²) >= 11 is 0. The van der Waals surface area contributed by atoms with E-state index in [1.165, 1.54) is 129 Å². The smallest absolute Gasteiger partial charge is 0.126 e. The number of rotatable bonds is 12. The molecule has 0 aliphatic heterocycles. The summed E-state index contributed by atoms with van der Waals surface area (Å²) in [5.41, 5.74) is 10.6. The molecule has 0 amide bonds. The number of fused-ring (bicyclic) bond motifs is 4. The zero-order valence-electron chi connectivity index (χ0n) is 29.4. The maximum atomic E-state index is 4.10. The molecule has 238 valence electrons. The van der Waals surface area contributed by atoms with Gasteiger partial charge < -0.3 is 0 Å². The molecule has 0 radical (unpaired) electrons. The molecule has 0 atom stereocenters. The van der Waals surface area contributed by atoms with Gasteiger partial charge in [-0.1, -0.05) is 140 Å². The number of hydrogen-bond acceptors (Lipinski definition) is 0. The fraction of sp³-hybridized carbons (Fsp3) is 0.409. The van der Waals surface area contributed by atoms with E-state index in [4.69, 9.17) is 0 Å². The Bertz CT molecular complexity index is 1770. The maximum Gasteiger partial charge on any atom is 0.138 e. The van der Waals surface area contributed by atoms with E-state index in [9.17, 15) is 0 Å². The Morgan fingerprint density at radius 3 is 1.04 bits per heavy atom. The predicted octanol–water partition coefficient (Wildman–Crippen LogP) is 13.4. The van der Waals surface area contributed by atoms with Crippen molar-refractivity contribution in [3.63, 3.8) is 0 Å². The average molecular weight is 639 g/mol. The Morgan fingerprint density at radius 1 is 0.391 bits per heavy atom. The summed E-state index contributed by atoms with van der Waals surface area (Å²) in [5, 5.41) is 10.2. The minimum Gasteiger partial charge on any atom is -0.126 e. The molecule has 46 heavy (non-hydrogen) atoms. The highest BCUT2D eigenvalue weighted by atomic mass is 28.3. The molecule has 5 aromatic rings. The average Bonchev–Trinajstić information content (AvgIpc) is 3.05. The first-order valence-corrected chi connectivity index (χ1v) is 23.6. The number of benzene rings is 5. The summed E-state index contributed by atoms with van der Waals surface area (Å²) in [7, 11) is -3.42. The summed E-state index contributed by atoms with van der Waals surface area (Å²) in [6, 6.07) is 35.2. The molecule has 0 nitrogen and oxygen atoms in total. The van der Waals surface area contributed by atoms with Gasteiger partial charge in [-0.2, -0.15) is 0 Å². The van der Waals surface area contributed by atoms with Crippen molar-refractivity contribution in [1.29, 1.82) is 0 Å². The van der Waals surface area contributed by atoms with Gasteiger partial charge in [0.25, 0.3) is 0 Å². The van der Waals surface area contributed by atoms with Crippen molar-refractivity contribution in [2.24, 2.45) is 0 Å². The van der Waals surface area contributed by atoms with Crippen LogP contribution >= 0.6 is 0 Å². The van der Waals surface area contributed by atoms with Crippen LogP contribution in [-0.2, 0) is 0 Å². The van der Waals surface area contributed by atoms with Crippen LogP contribution in [0.3, 0.4) is 0 Å². The Kier molecular flexibility index (Phi) is 11.5. The van der Waals surface area contributed by atoms with Gasteiger partial charge in [-0.3, -0.25) is 0 Å². The van der Waals surface area contributed by atoms with E-state index in [2.05, 4.69) is 137 Å². The molecular formula is C44H54Si2. The summed E-state index contributed by atoms with van der Waals surface area (Å²) < 4.78 is 0. The minimum absolute atomic E-state index is 1.21. The first kappa shape index (κ1) is 34.0. The zero-order valence-corrected chi connectivity index (χ0v) is 31.4. The molecule has 0 aromatic heterocycles. The monoisotopic (exact) mass is 638 g/mol. The molecule has 0 saturated carbocycles. The maximum absolute atomic E-state index is 4.10. The molecule has 2 heteroatoms. The summed E-state index contributed by atoms with van der Waals surface area (Å²) in [6.07, 6.45) is 7.38. The third-order valence-corrected chi connectivity index (χ3v) is 20.2. The van der Waals surface area contributed by atoms with Crippen molar-refractivity contribution in [3.8, 4) is 22.9 Å². The number of hydrogen-bond donors (Lipinski definition) is 0. The SMILES string of the molecule is CCC[Si](C#Cc1c2ccccc2c(C#C[Si](CCC)(CCC)CCC)c2cc3cc4ccccc4cc3cc12)(CCC)CCC. The van der Waals surface area contributed by atoms with Crippen LogP contribution in [0.1, 0.15) is 91.2 Å². The standard InChI is InChI=1S/C44H54Si2/c1-7-23-45(24-8-2,25-9-3)29-21-41-39-19-15-16-20-40(39)42(22-30-46(26-10-4,27-11-5)28-12-6)44-34-38-32-36-18-14-13-17-35(36)31-37(38)33-43(41)44/h13-20,31-34H,7-12,23-28H2,1-6H3. The van der Waals surface area contributed by atoms with E-state index in [0.29, 0.717) is 0 Å². The largest absolute Gasteiger partial charge is 0.138 e. The molecule has 0 unspecified atom stereocenters. The zero-order chi connectivity index (χ0) is 32.6. The molecule has 0 bridgehead atoms. The van der Waals surface area contributed by atoms with Crippen LogP contribution < -0.4 is 0 Å². The molecule has 5 aromatic carbocycles. The molecular weight excluding hydrogens is 585 g/mol. The van der Waals surface area contributed by atoms with Gasteiger partial charge in [0, 0.05) is 11.1 Å². The molecule has 0 aliphatic carbocycles. The van der Waals surface area contributed by atoms with Crippen LogP contribution in [0.15, 0.2) is 72.8 Å². The lowest BCUT2D eigenvalue weighted by molar-refractivity contribution is 0.940. The van der Waals surface area contributed by atoms with Crippen LogP contribution in [-0.4, -0.2) is 16.1 Å². The molecule has 0 saturated heterocycles. The second-order valence-corrected chi connectivity index (χ2v) is 22.4. The fourth-order valence-corrected chi connectivity index (χ4v) is 17.0. The van der Waals surface area contributed by atoms with Crippen LogP contribution in [0.4, 0.5) is 0 Å². The van der Waals surface area contributed by atoms with E-state index >= 15 is 0 Å². The van der Waals surface area contributed by atoms with Gasteiger partial charge in [-0.05, 0) is 104 Å². The molecule has 0 spiro atoms. The summed E-state index contributed by atoms with van der Waals surface area (Å²) in [4.78, 5) is 0. The van der Waals surface area contributed by atoms with Crippen molar-refractivity contribution in [2.45, 2.75) is 116 Å². The van der Waals surface area contributed by atoms with E-state index in [1.54, 1.807) is 0 Å². The summed E-state index contributed by atoms with van der Waals surface area (Å²) in [6.45, 7) is 14.1. The lowest BCUT2D eigenvalue weighted by Crippen LogP contribution is -2.32. The third-order valence-electron chi connectivity index (χ3n) is 10.1. The molecule has 0 heterocycles. The highest BCUT2D eigenvalue weighted by Gasteiger charge is 2.29. The van der Waals surface area contributed by atoms with Gasteiger partial charge in [0.15, 0.2) is 0 Å². The van der Waals surface area contributed by atoms with Crippen molar-refractivity contribution in [1.82, 2.24) is 0 Å². The van der Waals surface area contributed by atoms with Crippen molar-refractivity contribution >= 4 is 59.2 Å². The second kappa shape index (κ2) is 15.5. The van der Waals surface area contributed by atoms with Crippen molar-refractivity contribution in [3.05, 3.63) is 83.9 Å². The predicted molar refractivity (Wildman–Crippen MR) is 212 cm³/mol. The highest BCUT2D eigenvalue weighted by molar-refractivity contribution is 6.87. The Balaban J connectivity index is 1.89. The van der Waals surface area contributed by atoms with E-state index in [1.807, 2.05) is 0 Å². The van der Waals surface area contributed by atoms with E-state index < -0.39 is 16.1 Å². The topological polar surface area (TPSA) is 0 Å². The van der Waals surface area contributed by atoms with Gasteiger partial charge >= 0.3 is 0 Å². The Hall–Kier alpha value is -3.31. The van der Waals surface area contributed by atoms with Crippen LogP contribution in [0.2, 0.25) is 36.3 Å². The van der Waals surface area contributed by atoms with Gasteiger partial charge in [-0.25, -0.2) is 0 Å². The molecule has 0 aliphatic rings. The highest BCUT2D eigenvalue weighted by Crippen LogP contribution is 2.37. The fourth-order valence-electron chi connectivity index (χ4n) is 8.27.